The van der Waals surface area contributed by atoms with Crippen LogP contribution in [-0.4, -0.2) is 31.0 Å². The summed E-state index contributed by atoms with van der Waals surface area (Å²) in [5.74, 6) is 0.831. The number of likely N-dealkylation sites (N-methyl/N-ethyl adjacent to an activating group) is 1. The van der Waals surface area contributed by atoms with Gasteiger partial charge in [0, 0.05) is 12.2 Å². The van der Waals surface area contributed by atoms with E-state index in [2.05, 4.69) is 24.4 Å². The van der Waals surface area contributed by atoms with Crippen molar-refractivity contribution in [3.8, 4) is 5.75 Å². The van der Waals surface area contributed by atoms with E-state index in [1.54, 1.807) is 0 Å². The van der Waals surface area contributed by atoms with Gasteiger partial charge in [-0.3, -0.25) is 9.69 Å². The fraction of sp³-hybridized carbons (Fsp3) is 0.409. The Labute approximate surface area is 157 Å². The molecule has 0 bridgehead atoms. The normalized spacial score (nSPS) is 10.7. The molecule has 2 rings (SSSR count). The number of anilines is 1. The molecular weight excluding hydrogens is 324 g/mol. The van der Waals surface area contributed by atoms with Gasteiger partial charge in [-0.2, -0.15) is 0 Å². The van der Waals surface area contributed by atoms with E-state index in [0.29, 0.717) is 6.54 Å². The summed E-state index contributed by atoms with van der Waals surface area (Å²) in [6, 6.07) is 17.7. The first kappa shape index (κ1) is 20.0. The Bertz CT molecular complexity index is 641. The summed E-state index contributed by atoms with van der Waals surface area (Å²) in [6.07, 6.45) is 4.78. The number of nitrogens with one attached hydrogen (secondary N) is 1. The first-order valence-corrected chi connectivity index (χ1v) is 9.42. The van der Waals surface area contributed by atoms with Crippen LogP contribution in [0.2, 0.25) is 0 Å². The van der Waals surface area contributed by atoms with Gasteiger partial charge in [0.05, 0.1) is 13.2 Å². The molecule has 1 amide bonds. The van der Waals surface area contributed by atoms with E-state index in [-0.39, 0.29) is 5.91 Å². The maximum absolute atomic E-state index is 12.2. The minimum Gasteiger partial charge on any atom is -0.494 e. The molecule has 4 nitrogen and oxygen atoms in total. The van der Waals surface area contributed by atoms with Crippen molar-refractivity contribution < 1.29 is 9.53 Å². The van der Waals surface area contributed by atoms with Gasteiger partial charge in [-0.05, 0) is 43.3 Å². The third-order valence-electron chi connectivity index (χ3n) is 4.11. The van der Waals surface area contributed by atoms with E-state index in [4.69, 9.17) is 4.74 Å². The first-order valence-electron chi connectivity index (χ1n) is 9.42. The second-order valence-corrected chi connectivity index (χ2v) is 6.64. The Kier molecular flexibility index (Phi) is 8.70. The Balaban J connectivity index is 1.71. The molecule has 0 aliphatic heterocycles. The molecule has 0 aliphatic carbocycles. The van der Waals surface area contributed by atoms with Gasteiger partial charge >= 0.3 is 0 Å². The maximum atomic E-state index is 12.2. The summed E-state index contributed by atoms with van der Waals surface area (Å²) < 4.78 is 5.72. The van der Waals surface area contributed by atoms with E-state index in [0.717, 1.165) is 31.0 Å². The van der Waals surface area contributed by atoms with Crippen LogP contribution in [0.4, 0.5) is 5.69 Å². The molecule has 1 N–H and O–H groups in total. The molecule has 0 unspecified atom stereocenters. The predicted molar refractivity (Wildman–Crippen MR) is 107 cm³/mol. The van der Waals surface area contributed by atoms with Gasteiger partial charge < -0.3 is 10.1 Å². The molecule has 2 aromatic carbocycles. The number of benzene rings is 2. The molecule has 0 radical (unpaired) electrons. The van der Waals surface area contributed by atoms with Crippen LogP contribution in [0.15, 0.2) is 54.6 Å². The number of ether oxygens (including phenoxy) is 1. The van der Waals surface area contributed by atoms with E-state index in [1.165, 1.54) is 24.8 Å². The molecule has 0 aliphatic rings. The number of amides is 1. The molecule has 0 atom stereocenters. The monoisotopic (exact) mass is 354 g/mol. The molecule has 4 heteroatoms. The van der Waals surface area contributed by atoms with Crippen LogP contribution < -0.4 is 10.1 Å². The van der Waals surface area contributed by atoms with Gasteiger partial charge in [-0.25, -0.2) is 0 Å². The fourth-order valence-corrected chi connectivity index (χ4v) is 2.75. The van der Waals surface area contributed by atoms with Crippen LogP contribution >= 0.6 is 0 Å². The van der Waals surface area contributed by atoms with Crippen molar-refractivity contribution >= 4 is 11.6 Å². The lowest BCUT2D eigenvalue weighted by Gasteiger charge is -2.16. The Morgan fingerprint density at radius 1 is 1.00 bits per heavy atom. The lowest BCUT2D eigenvalue weighted by Crippen LogP contribution is -2.29. The van der Waals surface area contributed by atoms with Gasteiger partial charge in [-0.1, -0.05) is 56.5 Å². The molecule has 0 saturated carbocycles. The summed E-state index contributed by atoms with van der Waals surface area (Å²) in [7, 11) is 1.95. The smallest absolute Gasteiger partial charge is 0.238 e. The van der Waals surface area contributed by atoms with Crippen molar-refractivity contribution in [1.29, 1.82) is 0 Å². The number of carbonyl (C=O) groups is 1. The van der Waals surface area contributed by atoms with Crippen molar-refractivity contribution in [2.24, 2.45) is 0 Å². The van der Waals surface area contributed by atoms with Gasteiger partial charge in [0.2, 0.25) is 5.91 Å². The molecule has 0 fully saturated rings. The van der Waals surface area contributed by atoms with Gasteiger partial charge in [0.25, 0.3) is 0 Å². The fourth-order valence-electron chi connectivity index (χ4n) is 2.75. The van der Waals surface area contributed by atoms with Crippen LogP contribution in [0.3, 0.4) is 0 Å². The minimum absolute atomic E-state index is 0.0170. The van der Waals surface area contributed by atoms with E-state index < -0.39 is 0 Å². The third kappa shape index (κ3) is 7.70. The number of carbonyl (C=O) groups excluding carboxylic acids is 1. The van der Waals surface area contributed by atoms with Gasteiger partial charge in [0.15, 0.2) is 0 Å². The minimum atomic E-state index is -0.0170. The van der Waals surface area contributed by atoms with Crippen molar-refractivity contribution in [3.05, 3.63) is 60.2 Å². The highest BCUT2D eigenvalue weighted by Crippen LogP contribution is 2.16. The highest BCUT2D eigenvalue weighted by atomic mass is 16.5. The third-order valence-corrected chi connectivity index (χ3v) is 4.11. The van der Waals surface area contributed by atoms with E-state index in [1.807, 2.05) is 54.4 Å². The number of hydrogen-bond acceptors (Lipinski definition) is 3. The van der Waals surface area contributed by atoms with Crippen molar-refractivity contribution in [2.75, 3.05) is 25.5 Å². The summed E-state index contributed by atoms with van der Waals surface area (Å²) in [4.78, 5) is 14.2. The summed E-state index contributed by atoms with van der Waals surface area (Å²) in [5, 5.41) is 2.93. The highest BCUT2D eigenvalue weighted by Gasteiger charge is 2.07. The average Bonchev–Trinajstić information content (AvgIpc) is 2.63. The van der Waals surface area contributed by atoms with Crippen molar-refractivity contribution in [3.63, 3.8) is 0 Å². The van der Waals surface area contributed by atoms with Gasteiger partial charge in [0.1, 0.15) is 5.75 Å². The van der Waals surface area contributed by atoms with E-state index in [9.17, 15) is 4.79 Å². The SMILES string of the molecule is CCCCCCOc1ccc(NC(=O)CN(C)Cc2ccccc2)cc1. The number of hydrogen-bond donors (Lipinski definition) is 1. The standard InChI is InChI=1S/C22H30N2O2/c1-3-4-5-9-16-26-21-14-12-20(13-15-21)23-22(25)18-24(2)17-19-10-7-6-8-11-19/h6-8,10-15H,3-5,9,16-18H2,1-2H3,(H,23,25). The second kappa shape index (κ2) is 11.3. The molecule has 0 saturated heterocycles. The summed E-state index contributed by atoms with van der Waals surface area (Å²) in [5.41, 5.74) is 1.99. The zero-order chi connectivity index (χ0) is 18.6. The van der Waals surface area contributed by atoms with Crippen LogP contribution in [-0.2, 0) is 11.3 Å². The molecule has 26 heavy (non-hydrogen) atoms. The molecule has 0 heterocycles. The highest BCUT2D eigenvalue weighted by molar-refractivity contribution is 5.92. The molecular formula is C22H30N2O2. The Morgan fingerprint density at radius 2 is 1.73 bits per heavy atom. The lowest BCUT2D eigenvalue weighted by atomic mass is 10.2. The number of unbranched alkanes of at least 4 members (excludes halogenated alkanes) is 3. The second-order valence-electron chi connectivity index (χ2n) is 6.64. The van der Waals surface area contributed by atoms with E-state index >= 15 is 0 Å². The Morgan fingerprint density at radius 3 is 2.42 bits per heavy atom. The lowest BCUT2D eigenvalue weighted by molar-refractivity contribution is -0.117. The quantitative estimate of drug-likeness (QED) is 0.594. The summed E-state index contributed by atoms with van der Waals surface area (Å²) in [6.45, 7) is 4.05. The summed E-state index contributed by atoms with van der Waals surface area (Å²) >= 11 is 0. The number of nitrogens with zero attached hydrogens (tertiary/aromatic N) is 1. The molecule has 140 valence electrons. The first-order chi connectivity index (χ1) is 12.7. The molecule has 2 aromatic rings. The largest absolute Gasteiger partial charge is 0.494 e. The van der Waals surface area contributed by atoms with Gasteiger partial charge in [-0.15, -0.1) is 0 Å². The van der Waals surface area contributed by atoms with Crippen LogP contribution in [0.1, 0.15) is 38.2 Å². The zero-order valence-corrected chi connectivity index (χ0v) is 15.9. The number of rotatable bonds is 11. The van der Waals surface area contributed by atoms with Crippen molar-refractivity contribution in [2.45, 2.75) is 39.2 Å². The van der Waals surface area contributed by atoms with Crippen LogP contribution in [0, 0.1) is 0 Å². The van der Waals surface area contributed by atoms with Crippen molar-refractivity contribution in [1.82, 2.24) is 4.90 Å². The molecule has 0 spiro atoms. The van der Waals surface area contributed by atoms with Crippen LogP contribution in [0.25, 0.3) is 0 Å². The average molecular weight is 354 g/mol. The maximum Gasteiger partial charge on any atom is 0.238 e. The van der Waals surface area contributed by atoms with Crippen LogP contribution in [0.5, 0.6) is 5.75 Å². The Hall–Kier alpha value is -2.33. The molecule has 0 aromatic heterocycles. The topological polar surface area (TPSA) is 41.6 Å². The zero-order valence-electron chi connectivity index (χ0n) is 15.9. The predicted octanol–water partition coefficient (Wildman–Crippen LogP) is 4.72.